The minimum absolute atomic E-state index is 0.248. The van der Waals surface area contributed by atoms with Crippen LogP contribution in [-0.2, 0) is 19.7 Å². The third kappa shape index (κ3) is 4.89. The fraction of sp³-hybridized carbons (Fsp3) is 0.350. The van der Waals surface area contributed by atoms with Crippen molar-refractivity contribution in [3.05, 3.63) is 72.1 Å². The van der Waals surface area contributed by atoms with Gasteiger partial charge in [0.15, 0.2) is 5.82 Å². The molecule has 0 saturated heterocycles. The molecule has 3 rings (SSSR count). The molecule has 6 heteroatoms. The zero-order chi connectivity index (χ0) is 18.4. The molecule has 0 bridgehead atoms. The Kier molecular flexibility index (Phi) is 5.96. The fourth-order valence-corrected chi connectivity index (χ4v) is 2.75. The van der Waals surface area contributed by atoms with Crippen molar-refractivity contribution in [1.82, 2.24) is 24.6 Å². The van der Waals surface area contributed by atoms with Gasteiger partial charge in [0.2, 0.25) is 0 Å². The molecule has 0 atom stereocenters. The van der Waals surface area contributed by atoms with Gasteiger partial charge in [-0.1, -0.05) is 18.2 Å². The third-order valence-corrected chi connectivity index (χ3v) is 3.96. The molecule has 0 amide bonds. The second-order valence-corrected chi connectivity index (χ2v) is 6.61. The lowest BCUT2D eigenvalue weighted by Gasteiger charge is -2.17. The lowest BCUT2D eigenvalue weighted by Crippen LogP contribution is -2.21. The Labute approximate surface area is 154 Å². The molecule has 6 nitrogen and oxygen atoms in total. The number of hydrogen-bond donors (Lipinski definition) is 0. The van der Waals surface area contributed by atoms with E-state index in [1.165, 1.54) is 5.56 Å². The summed E-state index contributed by atoms with van der Waals surface area (Å²) in [5.74, 6) is 2.47. The predicted molar refractivity (Wildman–Crippen MR) is 101 cm³/mol. The van der Waals surface area contributed by atoms with Crippen LogP contribution in [0.2, 0.25) is 0 Å². The van der Waals surface area contributed by atoms with Gasteiger partial charge < -0.3 is 4.74 Å². The van der Waals surface area contributed by atoms with Gasteiger partial charge in [-0.05, 0) is 50.7 Å². The van der Waals surface area contributed by atoms with Crippen molar-refractivity contribution in [2.24, 2.45) is 0 Å². The molecule has 0 spiro atoms. The van der Waals surface area contributed by atoms with E-state index in [-0.39, 0.29) is 6.04 Å². The van der Waals surface area contributed by atoms with Crippen LogP contribution < -0.4 is 4.74 Å². The lowest BCUT2D eigenvalue weighted by molar-refractivity contribution is 0.294. The maximum absolute atomic E-state index is 5.78. The van der Waals surface area contributed by atoms with E-state index in [1.807, 2.05) is 59.5 Å². The van der Waals surface area contributed by atoms with E-state index in [0.717, 1.165) is 24.7 Å². The molecule has 0 aliphatic rings. The summed E-state index contributed by atoms with van der Waals surface area (Å²) in [6.45, 7) is 6.15. The van der Waals surface area contributed by atoms with E-state index >= 15 is 0 Å². The summed E-state index contributed by atoms with van der Waals surface area (Å²) < 4.78 is 7.76. The first-order valence-electron chi connectivity index (χ1n) is 8.81. The van der Waals surface area contributed by atoms with Gasteiger partial charge in [-0.15, -0.1) is 0 Å². The molecule has 2 aromatic heterocycles. The Morgan fingerprint density at radius 2 is 1.77 bits per heavy atom. The van der Waals surface area contributed by atoms with Crippen molar-refractivity contribution in [3.63, 3.8) is 0 Å². The zero-order valence-electron chi connectivity index (χ0n) is 15.5. The van der Waals surface area contributed by atoms with Gasteiger partial charge in [-0.25, -0.2) is 9.67 Å². The molecule has 26 heavy (non-hydrogen) atoms. The van der Waals surface area contributed by atoms with E-state index in [2.05, 4.69) is 35.9 Å². The Bertz CT molecular complexity index is 802. The molecule has 0 radical (unpaired) electrons. The minimum Gasteiger partial charge on any atom is -0.486 e. The largest absolute Gasteiger partial charge is 0.486 e. The highest BCUT2D eigenvalue weighted by atomic mass is 16.5. The summed E-state index contributed by atoms with van der Waals surface area (Å²) in [4.78, 5) is 11.0. The number of hydrogen-bond acceptors (Lipinski definition) is 5. The van der Waals surface area contributed by atoms with Crippen LogP contribution in [0.1, 0.15) is 37.1 Å². The minimum atomic E-state index is 0.248. The quantitative estimate of drug-likeness (QED) is 0.622. The van der Waals surface area contributed by atoms with Gasteiger partial charge in [-0.2, -0.15) is 5.10 Å². The SMILES string of the molecule is CC(C)n1nc(COc2ccccc2)nc1CN(C)Cc1ccncc1. The van der Waals surface area contributed by atoms with Crippen molar-refractivity contribution in [1.29, 1.82) is 0 Å². The van der Waals surface area contributed by atoms with Crippen molar-refractivity contribution in [2.45, 2.75) is 39.6 Å². The number of aromatic nitrogens is 4. The number of pyridine rings is 1. The number of nitrogens with zero attached hydrogens (tertiary/aromatic N) is 5. The van der Waals surface area contributed by atoms with Crippen LogP contribution in [0, 0.1) is 0 Å². The van der Waals surface area contributed by atoms with Crippen LogP contribution in [0.5, 0.6) is 5.75 Å². The Balaban J connectivity index is 1.66. The predicted octanol–water partition coefficient (Wildman–Crippen LogP) is 3.47. The fourth-order valence-electron chi connectivity index (χ4n) is 2.75. The van der Waals surface area contributed by atoms with Crippen LogP contribution in [0.15, 0.2) is 54.9 Å². The first kappa shape index (κ1) is 18.1. The second-order valence-electron chi connectivity index (χ2n) is 6.61. The molecule has 2 heterocycles. The van der Waals surface area contributed by atoms with Crippen molar-refractivity contribution in [3.8, 4) is 5.75 Å². The maximum atomic E-state index is 5.78. The lowest BCUT2D eigenvalue weighted by atomic mass is 10.2. The van der Waals surface area contributed by atoms with Crippen molar-refractivity contribution < 1.29 is 4.74 Å². The molecule has 0 aliphatic heterocycles. The Morgan fingerprint density at radius 1 is 1.04 bits per heavy atom. The van der Waals surface area contributed by atoms with E-state index in [4.69, 9.17) is 9.72 Å². The molecule has 1 aromatic carbocycles. The summed E-state index contributed by atoms with van der Waals surface area (Å²) in [6.07, 6.45) is 3.64. The summed E-state index contributed by atoms with van der Waals surface area (Å²) in [7, 11) is 2.08. The zero-order valence-corrected chi connectivity index (χ0v) is 15.5. The smallest absolute Gasteiger partial charge is 0.188 e. The van der Waals surface area contributed by atoms with Crippen LogP contribution in [0.3, 0.4) is 0 Å². The summed E-state index contributed by atoms with van der Waals surface area (Å²) in [6, 6.07) is 14.0. The molecule has 0 fully saturated rings. The van der Waals surface area contributed by atoms with Crippen molar-refractivity contribution in [2.75, 3.05) is 7.05 Å². The second kappa shape index (κ2) is 8.58. The van der Waals surface area contributed by atoms with E-state index in [0.29, 0.717) is 12.4 Å². The van der Waals surface area contributed by atoms with E-state index in [1.54, 1.807) is 0 Å². The van der Waals surface area contributed by atoms with Crippen LogP contribution in [-0.4, -0.2) is 31.7 Å². The highest BCUT2D eigenvalue weighted by Crippen LogP contribution is 2.14. The standard InChI is InChI=1S/C20H25N5O/c1-16(2)25-20(14-24(3)13-17-9-11-21-12-10-17)22-19(23-25)15-26-18-7-5-4-6-8-18/h4-12,16H,13-15H2,1-3H3. The highest BCUT2D eigenvalue weighted by Gasteiger charge is 2.15. The highest BCUT2D eigenvalue weighted by molar-refractivity contribution is 5.21. The summed E-state index contributed by atoms with van der Waals surface area (Å²) >= 11 is 0. The van der Waals surface area contributed by atoms with E-state index < -0.39 is 0 Å². The van der Waals surface area contributed by atoms with Gasteiger partial charge in [0.05, 0.1) is 6.54 Å². The monoisotopic (exact) mass is 351 g/mol. The number of ether oxygens (including phenoxy) is 1. The summed E-state index contributed by atoms with van der Waals surface area (Å²) in [5.41, 5.74) is 1.23. The molecule has 0 unspecified atom stereocenters. The van der Waals surface area contributed by atoms with Crippen LogP contribution in [0.4, 0.5) is 0 Å². The van der Waals surface area contributed by atoms with Gasteiger partial charge in [0.1, 0.15) is 18.2 Å². The molecular weight excluding hydrogens is 326 g/mol. The number of para-hydroxylation sites is 1. The first-order valence-corrected chi connectivity index (χ1v) is 8.81. The molecule has 0 saturated carbocycles. The molecule has 136 valence electrons. The van der Waals surface area contributed by atoms with Gasteiger partial charge in [-0.3, -0.25) is 9.88 Å². The Hall–Kier alpha value is -2.73. The van der Waals surface area contributed by atoms with Crippen LogP contribution >= 0.6 is 0 Å². The third-order valence-electron chi connectivity index (χ3n) is 3.96. The van der Waals surface area contributed by atoms with Gasteiger partial charge >= 0.3 is 0 Å². The van der Waals surface area contributed by atoms with E-state index in [9.17, 15) is 0 Å². The number of rotatable bonds is 8. The van der Waals surface area contributed by atoms with Crippen molar-refractivity contribution >= 4 is 0 Å². The first-order chi connectivity index (χ1) is 12.6. The topological polar surface area (TPSA) is 56.1 Å². The maximum Gasteiger partial charge on any atom is 0.188 e. The average molecular weight is 351 g/mol. The Morgan fingerprint density at radius 3 is 2.46 bits per heavy atom. The normalized spacial score (nSPS) is 11.3. The molecule has 3 aromatic rings. The van der Waals surface area contributed by atoms with Gasteiger partial charge in [0.25, 0.3) is 0 Å². The number of benzene rings is 1. The molecular formula is C20H25N5O. The molecule has 0 aliphatic carbocycles. The average Bonchev–Trinajstić information content (AvgIpc) is 3.04. The van der Waals surface area contributed by atoms with Gasteiger partial charge in [0, 0.05) is 25.0 Å². The summed E-state index contributed by atoms with van der Waals surface area (Å²) in [5, 5.41) is 4.63. The molecule has 0 N–H and O–H groups in total. The van der Waals surface area contributed by atoms with Crippen LogP contribution in [0.25, 0.3) is 0 Å².